The first-order valence-corrected chi connectivity index (χ1v) is 1.97. The van der Waals surface area contributed by atoms with E-state index in [0.717, 1.165) is 6.92 Å². The summed E-state index contributed by atoms with van der Waals surface area (Å²) < 4.78 is 0. The van der Waals surface area contributed by atoms with Gasteiger partial charge in [-0.1, -0.05) is 6.92 Å². The summed E-state index contributed by atoms with van der Waals surface area (Å²) in [5.41, 5.74) is 0. The summed E-state index contributed by atoms with van der Waals surface area (Å²) in [5.74, 6) is -4.76. The van der Waals surface area contributed by atoms with Gasteiger partial charge < -0.3 is 19.8 Å². The number of carbonyl (C=O) groups excluding carboxylic acids is 2. The molecule has 10 heavy (non-hydrogen) atoms. The predicted molar refractivity (Wildman–Crippen MR) is 19.2 cm³/mol. The fourth-order valence-electron chi connectivity index (χ4n) is 0.0962. The summed E-state index contributed by atoms with van der Waals surface area (Å²) in [5, 5.41) is 19.2. The Morgan fingerprint density at radius 2 is 1.40 bits per heavy atom. The van der Waals surface area contributed by atoms with Crippen LogP contribution in [0.3, 0.4) is 0 Å². The maximum atomic E-state index is 9.61. The van der Waals surface area contributed by atoms with Crippen LogP contribution in [0, 0.1) is 5.92 Å². The molecule has 0 aromatic rings. The standard InChI is InChI=1S/C4H6O4.K.Li/c1-2(3(5)6)4(7)8;;/h2H,1H3,(H,5,6)(H,7,8);;/q;2*+1/p-2. The van der Waals surface area contributed by atoms with E-state index >= 15 is 0 Å². The minimum Gasteiger partial charge on any atom is -0.549 e. The van der Waals surface area contributed by atoms with E-state index in [1.165, 1.54) is 0 Å². The van der Waals surface area contributed by atoms with Gasteiger partial charge in [-0.15, -0.1) is 0 Å². The quantitative estimate of drug-likeness (QED) is 0.298. The molecule has 4 nitrogen and oxygen atoms in total. The van der Waals surface area contributed by atoms with Crippen LogP contribution in [-0.4, -0.2) is 11.9 Å². The molecule has 0 heterocycles. The van der Waals surface area contributed by atoms with Crippen molar-refractivity contribution in [1.29, 1.82) is 0 Å². The van der Waals surface area contributed by atoms with Crippen molar-refractivity contribution in [2.24, 2.45) is 5.92 Å². The Morgan fingerprint density at radius 3 is 1.40 bits per heavy atom. The minimum atomic E-state index is -1.62. The molecular formula is C4H4KLiO4. The van der Waals surface area contributed by atoms with E-state index in [4.69, 9.17) is 0 Å². The van der Waals surface area contributed by atoms with E-state index in [2.05, 4.69) is 0 Å². The smallest absolute Gasteiger partial charge is 0.549 e. The van der Waals surface area contributed by atoms with Crippen LogP contribution < -0.4 is 80.5 Å². The number of carboxylic acid groups (broad SMARTS) is 2. The number of hydrogen-bond acceptors (Lipinski definition) is 4. The zero-order valence-corrected chi connectivity index (χ0v) is 9.33. The Balaban J connectivity index is -0.000000245. The van der Waals surface area contributed by atoms with Crippen molar-refractivity contribution in [3.8, 4) is 0 Å². The molecule has 0 bridgehead atoms. The molecule has 0 aromatic heterocycles. The van der Waals surface area contributed by atoms with Crippen molar-refractivity contribution < 1.29 is 90.0 Å². The van der Waals surface area contributed by atoms with Gasteiger partial charge in [0.15, 0.2) is 0 Å². The fourth-order valence-corrected chi connectivity index (χ4v) is 0.0962. The summed E-state index contributed by atoms with van der Waals surface area (Å²) in [6, 6.07) is 0. The van der Waals surface area contributed by atoms with Crippen LogP contribution in [0.1, 0.15) is 6.92 Å². The van der Waals surface area contributed by atoms with Gasteiger partial charge in [0.05, 0.1) is 0 Å². The van der Waals surface area contributed by atoms with Gasteiger partial charge >= 0.3 is 70.2 Å². The van der Waals surface area contributed by atoms with Crippen molar-refractivity contribution in [1.82, 2.24) is 0 Å². The van der Waals surface area contributed by atoms with Crippen LogP contribution in [0.4, 0.5) is 0 Å². The van der Waals surface area contributed by atoms with Gasteiger partial charge in [-0.3, -0.25) is 0 Å². The Morgan fingerprint density at radius 1 is 1.20 bits per heavy atom. The maximum absolute atomic E-state index is 9.61. The van der Waals surface area contributed by atoms with E-state index in [-0.39, 0.29) is 70.2 Å². The van der Waals surface area contributed by atoms with E-state index < -0.39 is 17.9 Å². The summed E-state index contributed by atoms with van der Waals surface area (Å²) in [7, 11) is 0. The van der Waals surface area contributed by atoms with Gasteiger partial charge in [-0.05, 0) is 0 Å². The maximum Gasteiger partial charge on any atom is 1.00 e. The molecule has 0 saturated heterocycles. The van der Waals surface area contributed by atoms with Gasteiger partial charge in [-0.25, -0.2) is 0 Å². The third kappa shape index (κ3) is 7.28. The van der Waals surface area contributed by atoms with E-state index in [0.29, 0.717) is 0 Å². The van der Waals surface area contributed by atoms with Crippen LogP contribution in [0.2, 0.25) is 0 Å². The zero-order valence-electron chi connectivity index (χ0n) is 6.21. The third-order valence-electron chi connectivity index (χ3n) is 0.707. The molecule has 0 saturated carbocycles. The third-order valence-corrected chi connectivity index (χ3v) is 0.707. The molecule has 0 aliphatic heterocycles. The second kappa shape index (κ2) is 8.27. The average molecular weight is 162 g/mol. The van der Waals surface area contributed by atoms with Gasteiger partial charge in [0.25, 0.3) is 0 Å². The first-order valence-electron chi connectivity index (χ1n) is 1.97. The van der Waals surface area contributed by atoms with Crippen molar-refractivity contribution in [3.63, 3.8) is 0 Å². The fraction of sp³-hybridized carbons (Fsp3) is 0.500. The molecular weight excluding hydrogens is 158 g/mol. The van der Waals surface area contributed by atoms with Crippen molar-refractivity contribution in [3.05, 3.63) is 0 Å². The molecule has 0 amide bonds. The van der Waals surface area contributed by atoms with Crippen LogP contribution in [0.5, 0.6) is 0 Å². The topological polar surface area (TPSA) is 80.3 Å². The van der Waals surface area contributed by atoms with E-state index in [1.54, 1.807) is 0 Å². The van der Waals surface area contributed by atoms with Crippen LogP contribution >= 0.6 is 0 Å². The zero-order chi connectivity index (χ0) is 6.73. The van der Waals surface area contributed by atoms with Crippen LogP contribution in [-0.2, 0) is 9.59 Å². The van der Waals surface area contributed by atoms with Gasteiger partial charge in [-0.2, -0.15) is 0 Å². The molecule has 6 heteroatoms. The average Bonchev–Trinajstić information content (AvgIpc) is 1.64. The number of hydrogen-bond donors (Lipinski definition) is 0. The van der Waals surface area contributed by atoms with Crippen molar-refractivity contribution >= 4 is 11.9 Å². The van der Waals surface area contributed by atoms with Crippen LogP contribution in [0.15, 0.2) is 0 Å². The molecule has 46 valence electrons. The molecule has 0 aromatic carbocycles. The Labute approximate surface area is 113 Å². The van der Waals surface area contributed by atoms with E-state index in [1.807, 2.05) is 0 Å². The molecule has 0 radical (unpaired) electrons. The van der Waals surface area contributed by atoms with Gasteiger partial charge in [0.2, 0.25) is 0 Å². The van der Waals surface area contributed by atoms with Gasteiger partial charge in [0, 0.05) is 17.9 Å². The number of carbonyl (C=O) groups is 2. The second-order valence-corrected chi connectivity index (χ2v) is 1.36. The Hall–Kier alpha value is 1.17. The van der Waals surface area contributed by atoms with Crippen LogP contribution in [0.25, 0.3) is 0 Å². The van der Waals surface area contributed by atoms with E-state index in [9.17, 15) is 19.8 Å². The predicted octanol–water partition coefficient (Wildman–Crippen LogP) is -8.87. The largest absolute Gasteiger partial charge is 1.00 e. The SMILES string of the molecule is CC(C(=O)[O-])C(=O)[O-].[K+].[Li+]. The molecule has 0 fully saturated rings. The second-order valence-electron chi connectivity index (χ2n) is 1.36. The molecule has 0 atom stereocenters. The summed E-state index contributed by atoms with van der Waals surface area (Å²) in [6.45, 7) is 0.991. The number of aliphatic carboxylic acids is 2. The molecule has 0 rings (SSSR count). The normalized spacial score (nSPS) is 7.40. The molecule has 0 aliphatic carbocycles. The van der Waals surface area contributed by atoms with Crippen molar-refractivity contribution in [2.75, 3.05) is 0 Å². The number of carboxylic acids is 2. The first kappa shape index (κ1) is 17.3. The number of rotatable bonds is 2. The Kier molecular flexibility index (Phi) is 14.3. The minimum absolute atomic E-state index is 0. The summed E-state index contributed by atoms with van der Waals surface area (Å²) >= 11 is 0. The van der Waals surface area contributed by atoms with Crippen molar-refractivity contribution in [2.45, 2.75) is 6.92 Å². The van der Waals surface area contributed by atoms with Gasteiger partial charge in [0.1, 0.15) is 0 Å². The molecule has 0 N–H and O–H groups in total. The molecule has 0 aliphatic rings. The molecule has 0 unspecified atom stereocenters. The first-order chi connectivity index (χ1) is 3.55. The monoisotopic (exact) mass is 162 g/mol. The Bertz CT molecular complexity index is 112. The summed E-state index contributed by atoms with van der Waals surface area (Å²) in [6.07, 6.45) is 0. The molecule has 0 spiro atoms. The summed E-state index contributed by atoms with van der Waals surface area (Å²) in [4.78, 5) is 19.2.